The lowest BCUT2D eigenvalue weighted by atomic mass is 10.1. The van der Waals surface area contributed by atoms with Crippen LogP contribution < -0.4 is 10.4 Å². The van der Waals surface area contributed by atoms with E-state index in [4.69, 9.17) is 8.84 Å². The van der Waals surface area contributed by atoms with Crippen LogP contribution in [0.15, 0.2) is 120 Å². The fourth-order valence-electron chi connectivity index (χ4n) is 5.48. The van der Waals surface area contributed by atoms with Gasteiger partial charge in [0.05, 0.1) is 6.61 Å². The summed E-state index contributed by atoms with van der Waals surface area (Å²) in [6, 6.07) is 36.7. The molecule has 1 heterocycles. The number of nitrogens with zero attached hydrogens (tertiary/aromatic N) is 2. The van der Waals surface area contributed by atoms with E-state index in [0.717, 1.165) is 22.4 Å². The Labute approximate surface area is 259 Å². The van der Waals surface area contributed by atoms with Crippen molar-refractivity contribution in [3.63, 3.8) is 0 Å². The highest BCUT2D eigenvalue weighted by Crippen LogP contribution is 2.40. The van der Waals surface area contributed by atoms with Crippen molar-refractivity contribution in [3.05, 3.63) is 132 Å². The molecule has 5 aromatic rings. The predicted octanol–water partition coefficient (Wildman–Crippen LogP) is 7.87. The molecular formula is C36H38N2O3SSi. The van der Waals surface area contributed by atoms with E-state index < -0.39 is 8.32 Å². The van der Waals surface area contributed by atoms with Crippen LogP contribution in [0.4, 0.5) is 0 Å². The molecule has 5 nitrogen and oxygen atoms in total. The quantitative estimate of drug-likeness (QED) is 0.154. The molecule has 0 bridgehead atoms. The summed E-state index contributed by atoms with van der Waals surface area (Å²) >= 11 is 1.64. The van der Waals surface area contributed by atoms with Crippen molar-refractivity contribution in [2.45, 2.75) is 38.0 Å². The summed E-state index contributed by atoms with van der Waals surface area (Å²) in [5.41, 5.74) is 2.67. The Balaban J connectivity index is 1.32. The Hall–Kier alpha value is -3.91. The van der Waals surface area contributed by atoms with Crippen molar-refractivity contribution >= 4 is 36.5 Å². The first-order chi connectivity index (χ1) is 20.8. The fraction of sp³-hybridized carbons (Fsp3) is 0.222. The lowest BCUT2D eigenvalue weighted by Gasteiger charge is -2.42. The first-order valence-electron chi connectivity index (χ1n) is 14.6. The third-order valence-corrected chi connectivity index (χ3v) is 13.6. The van der Waals surface area contributed by atoms with Crippen LogP contribution in [0.25, 0.3) is 17.5 Å². The first-order valence-corrected chi connectivity index (χ1v) is 17.5. The van der Waals surface area contributed by atoms with Gasteiger partial charge in [0.15, 0.2) is 0 Å². The predicted molar refractivity (Wildman–Crippen MR) is 180 cm³/mol. The maximum Gasteiger partial charge on any atom is 0.261 e. The number of hydrogen-bond donors (Lipinski definition) is 1. The molecule has 1 atom stereocenters. The van der Waals surface area contributed by atoms with E-state index in [0.29, 0.717) is 18.4 Å². The molecule has 1 unspecified atom stereocenters. The molecule has 0 spiro atoms. The topological polar surface area (TPSA) is 68.4 Å². The van der Waals surface area contributed by atoms with Gasteiger partial charge < -0.3 is 13.9 Å². The number of para-hydroxylation sites is 1. The van der Waals surface area contributed by atoms with Crippen LogP contribution >= 0.6 is 11.8 Å². The summed E-state index contributed by atoms with van der Waals surface area (Å²) < 4.78 is 13.1. The van der Waals surface area contributed by atoms with E-state index in [9.17, 15) is 5.11 Å². The van der Waals surface area contributed by atoms with Crippen LogP contribution in [0, 0.1) is 0 Å². The van der Waals surface area contributed by atoms with Gasteiger partial charge in [-0.05, 0) is 44.9 Å². The van der Waals surface area contributed by atoms with Gasteiger partial charge >= 0.3 is 0 Å². The van der Waals surface area contributed by atoms with Gasteiger partial charge in [0.1, 0.15) is 11.0 Å². The molecule has 1 aromatic heterocycles. The van der Waals surface area contributed by atoms with Crippen LogP contribution in [0.2, 0.25) is 5.04 Å². The highest BCUT2D eigenvalue weighted by molar-refractivity contribution is 7.99. The van der Waals surface area contributed by atoms with Crippen LogP contribution in [-0.2, 0) is 4.43 Å². The zero-order valence-corrected chi connectivity index (χ0v) is 26.9. The summed E-state index contributed by atoms with van der Waals surface area (Å²) in [7, 11) is -2.58. The normalized spacial score (nSPS) is 12.9. The van der Waals surface area contributed by atoms with Crippen molar-refractivity contribution in [1.29, 1.82) is 0 Å². The molecule has 220 valence electrons. The van der Waals surface area contributed by atoms with E-state index >= 15 is 0 Å². The molecule has 0 saturated heterocycles. The van der Waals surface area contributed by atoms with E-state index in [2.05, 4.69) is 111 Å². The number of aromatic nitrogens is 2. The molecule has 0 aliphatic rings. The summed E-state index contributed by atoms with van der Waals surface area (Å²) in [6.07, 6.45) is 4.19. The van der Waals surface area contributed by atoms with Crippen molar-refractivity contribution in [2.24, 2.45) is 0 Å². The molecule has 0 fully saturated rings. The fourth-order valence-corrected chi connectivity index (χ4v) is 10.9. The molecule has 5 rings (SSSR count). The minimum absolute atomic E-state index is 0.0674. The Bertz CT molecular complexity index is 1590. The third kappa shape index (κ3) is 6.69. The zero-order chi connectivity index (χ0) is 30.3. The van der Waals surface area contributed by atoms with Crippen LogP contribution in [0.5, 0.6) is 5.75 Å². The number of phenols is 1. The number of thioether (sulfide) groups is 1. The molecule has 1 N–H and O–H groups in total. The maximum atomic E-state index is 10.4. The number of benzene rings is 4. The molecule has 0 amide bonds. The molecule has 0 aliphatic heterocycles. The molecule has 0 saturated carbocycles. The lowest BCUT2D eigenvalue weighted by molar-refractivity contribution is 0.340. The highest BCUT2D eigenvalue weighted by atomic mass is 32.2. The van der Waals surface area contributed by atoms with Crippen LogP contribution in [-0.4, -0.2) is 36.0 Å². The number of phenolic OH excluding ortho intramolecular Hbond substituents is 1. The molecule has 0 aliphatic carbocycles. The van der Waals surface area contributed by atoms with Gasteiger partial charge in [-0.3, -0.25) is 0 Å². The first kappa shape index (κ1) is 30.5. The van der Waals surface area contributed by atoms with E-state index in [1.165, 1.54) is 10.4 Å². The van der Waals surface area contributed by atoms with Gasteiger partial charge in [0.25, 0.3) is 8.32 Å². The van der Waals surface area contributed by atoms with Gasteiger partial charge in [-0.2, -0.15) is 0 Å². The van der Waals surface area contributed by atoms with E-state index in [1.54, 1.807) is 17.8 Å². The van der Waals surface area contributed by atoms with Crippen molar-refractivity contribution < 1.29 is 13.9 Å². The average Bonchev–Trinajstić information content (AvgIpc) is 3.51. The maximum absolute atomic E-state index is 10.4. The van der Waals surface area contributed by atoms with Gasteiger partial charge in [0.2, 0.25) is 11.8 Å². The van der Waals surface area contributed by atoms with E-state index in [1.807, 2.05) is 42.5 Å². The molecule has 0 radical (unpaired) electrons. The van der Waals surface area contributed by atoms with Crippen LogP contribution in [0.3, 0.4) is 0 Å². The standard InChI is InChI=1S/C36H38N2O3SSi/c1-5-42-33(31-20-12-13-21-32(31)39)35-38-37-34(41-35)28-24-22-27(23-25-28)15-14-26-40-43(36(2,3)4,29-16-8-6-9-17-29)30-18-10-7-11-19-30/h6-25,33,39H,5,26H2,1-4H3. The summed E-state index contributed by atoms with van der Waals surface area (Å²) in [5.74, 6) is 2.01. The second kappa shape index (κ2) is 13.6. The minimum Gasteiger partial charge on any atom is -0.508 e. The largest absolute Gasteiger partial charge is 0.508 e. The number of hydrogen-bond acceptors (Lipinski definition) is 6. The Morgan fingerprint density at radius 3 is 2.02 bits per heavy atom. The second-order valence-corrected chi connectivity index (χ2v) is 17.0. The van der Waals surface area contributed by atoms with Gasteiger partial charge in [-0.1, -0.05) is 131 Å². The molecular weight excluding hydrogens is 569 g/mol. The zero-order valence-electron chi connectivity index (χ0n) is 25.1. The number of rotatable bonds is 11. The van der Waals surface area contributed by atoms with Gasteiger partial charge in [-0.15, -0.1) is 22.0 Å². The minimum atomic E-state index is -2.58. The SMILES string of the molecule is CCSC(c1nnc(-c2ccc(C=CCO[Si](c3ccccc3)(c3ccccc3)C(C)(C)C)cc2)o1)c1ccccc1O. The third-order valence-electron chi connectivity index (χ3n) is 7.50. The molecule has 4 aromatic carbocycles. The molecule has 43 heavy (non-hydrogen) atoms. The van der Waals surface area contributed by atoms with Gasteiger partial charge in [-0.25, -0.2) is 0 Å². The average molecular weight is 607 g/mol. The smallest absolute Gasteiger partial charge is 0.261 e. The monoisotopic (exact) mass is 606 g/mol. The Morgan fingerprint density at radius 2 is 1.44 bits per heavy atom. The second-order valence-electron chi connectivity index (χ2n) is 11.3. The summed E-state index contributed by atoms with van der Waals surface area (Å²) in [6.45, 7) is 9.44. The number of aromatic hydroxyl groups is 1. The Kier molecular flexibility index (Phi) is 9.65. The summed E-state index contributed by atoms with van der Waals surface area (Å²) in [4.78, 5) is 0. The van der Waals surface area contributed by atoms with E-state index in [-0.39, 0.29) is 16.0 Å². The molecule has 7 heteroatoms. The van der Waals surface area contributed by atoms with Gasteiger partial charge in [0, 0.05) is 11.1 Å². The van der Waals surface area contributed by atoms with Crippen molar-refractivity contribution in [3.8, 4) is 17.2 Å². The Morgan fingerprint density at radius 1 is 0.837 bits per heavy atom. The van der Waals surface area contributed by atoms with Crippen molar-refractivity contribution in [2.75, 3.05) is 12.4 Å². The van der Waals surface area contributed by atoms with Crippen molar-refractivity contribution in [1.82, 2.24) is 10.2 Å². The lowest BCUT2D eigenvalue weighted by Crippen LogP contribution is -2.66. The van der Waals surface area contributed by atoms with Crippen LogP contribution in [0.1, 0.15) is 50.0 Å². The summed E-state index contributed by atoms with van der Waals surface area (Å²) in [5, 5.41) is 21.3. The highest BCUT2D eigenvalue weighted by Gasteiger charge is 2.49.